The Balaban J connectivity index is 0.000000427. The van der Waals surface area contributed by atoms with Crippen molar-refractivity contribution < 1.29 is 28.6 Å². The van der Waals surface area contributed by atoms with Gasteiger partial charge in [-0.2, -0.15) is 0 Å². The molecule has 0 atom stereocenters. The number of benzene rings is 2. The van der Waals surface area contributed by atoms with Crippen LogP contribution >= 0.6 is 11.8 Å². The van der Waals surface area contributed by atoms with Crippen molar-refractivity contribution in [2.24, 2.45) is 0 Å². The standard InChI is InChI=1S/C20H15F2N3S.C2H2O4/c21-16-7-3-5-14(11-16)12-25-19-18(9-4-10-23-19)24-20(25)26-13-15-6-1-2-8-17(15)22;3-1(4)2(5)6/h1-11H,12-13H2;(H,3,4)(H,5,6). The fourth-order valence-electron chi connectivity index (χ4n) is 2.77. The van der Waals surface area contributed by atoms with Crippen LogP contribution in [0.2, 0.25) is 0 Å². The minimum atomic E-state index is -1.82. The summed E-state index contributed by atoms with van der Waals surface area (Å²) in [4.78, 5) is 27.2. The number of carboxylic acid groups (broad SMARTS) is 2. The molecule has 4 rings (SSSR count). The van der Waals surface area contributed by atoms with Gasteiger partial charge in [0, 0.05) is 11.9 Å². The second kappa shape index (κ2) is 10.5. The summed E-state index contributed by atoms with van der Waals surface area (Å²) in [6, 6.07) is 16.9. The first-order valence-corrected chi connectivity index (χ1v) is 10.2. The summed E-state index contributed by atoms with van der Waals surface area (Å²) >= 11 is 1.44. The van der Waals surface area contributed by atoms with Crippen molar-refractivity contribution in [2.75, 3.05) is 0 Å². The first-order chi connectivity index (χ1) is 15.3. The number of imidazole rings is 1. The van der Waals surface area contributed by atoms with Crippen LogP contribution < -0.4 is 0 Å². The van der Waals surface area contributed by atoms with E-state index < -0.39 is 11.9 Å². The van der Waals surface area contributed by atoms with Crippen LogP contribution in [-0.2, 0) is 21.9 Å². The molecule has 0 fully saturated rings. The SMILES string of the molecule is Fc1cccc(Cn2c(SCc3ccccc3F)nc3cccnc32)c1.O=C(O)C(=O)O. The van der Waals surface area contributed by atoms with E-state index in [0.717, 1.165) is 21.9 Å². The summed E-state index contributed by atoms with van der Waals surface area (Å²) in [7, 11) is 0. The van der Waals surface area contributed by atoms with E-state index in [2.05, 4.69) is 9.97 Å². The van der Waals surface area contributed by atoms with Gasteiger partial charge in [-0.15, -0.1) is 0 Å². The third-order valence-corrected chi connectivity index (χ3v) is 5.22. The number of rotatable bonds is 5. The molecular formula is C22H17F2N3O4S. The first-order valence-electron chi connectivity index (χ1n) is 9.23. The Hall–Kier alpha value is -3.79. The maximum atomic E-state index is 13.9. The van der Waals surface area contributed by atoms with E-state index >= 15 is 0 Å². The normalized spacial score (nSPS) is 10.4. The summed E-state index contributed by atoms with van der Waals surface area (Å²) in [6.07, 6.45) is 1.71. The number of aliphatic carboxylic acids is 2. The Morgan fingerprint density at radius 2 is 1.72 bits per heavy atom. The van der Waals surface area contributed by atoms with Crippen LogP contribution in [0.3, 0.4) is 0 Å². The van der Waals surface area contributed by atoms with Gasteiger partial charge in [0.15, 0.2) is 10.8 Å². The Kier molecular flexibility index (Phi) is 7.50. The predicted octanol–water partition coefficient (Wildman–Crippen LogP) is 4.21. The Morgan fingerprint density at radius 1 is 0.969 bits per heavy atom. The second-order valence-electron chi connectivity index (χ2n) is 6.45. The van der Waals surface area contributed by atoms with Gasteiger partial charge < -0.3 is 10.2 Å². The third-order valence-electron chi connectivity index (χ3n) is 4.20. The van der Waals surface area contributed by atoms with Crippen LogP contribution in [0.15, 0.2) is 72.0 Å². The average molecular weight is 457 g/mol. The van der Waals surface area contributed by atoms with Crippen LogP contribution in [0, 0.1) is 11.6 Å². The Bertz CT molecular complexity index is 1250. The van der Waals surface area contributed by atoms with Crippen molar-refractivity contribution in [3.8, 4) is 0 Å². The van der Waals surface area contributed by atoms with Gasteiger partial charge in [-0.1, -0.05) is 42.1 Å². The Labute approximate surface area is 185 Å². The van der Waals surface area contributed by atoms with Crippen molar-refractivity contribution in [1.82, 2.24) is 14.5 Å². The molecule has 2 aromatic carbocycles. The molecule has 0 aliphatic rings. The molecule has 0 saturated carbocycles. The van der Waals surface area contributed by atoms with Crippen LogP contribution in [0.4, 0.5) is 8.78 Å². The molecule has 164 valence electrons. The summed E-state index contributed by atoms with van der Waals surface area (Å²) < 4.78 is 29.4. The summed E-state index contributed by atoms with van der Waals surface area (Å²) in [5.41, 5.74) is 2.94. The smallest absolute Gasteiger partial charge is 0.414 e. The molecule has 2 heterocycles. The zero-order chi connectivity index (χ0) is 23.1. The molecule has 0 aliphatic heterocycles. The second-order valence-corrected chi connectivity index (χ2v) is 7.39. The number of pyridine rings is 1. The predicted molar refractivity (Wildman–Crippen MR) is 114 cm³/mol. The summed E-state index contributed by atoms with van der Waals surface area (Å²) in [6.45, 7) is 0.449. The quantitative estimate of drug-likeness (QED) is 0.342. The Morgan fingerprint density at radius 3 is 2.41 bits per heavy atom. The molecule has 0 unspecified atom stereocenters. The molecule has 2 aromatic heterocycles. The first kappa shape index (κ1) is 22.9. The zero-order valence-electron chi connectivity index (χ0n) is 16.5. The lowest BCUT2D eigenvalue weighted by molar-refractivity contribution is -0.159. The van der Waals surface area contributed by atoms with Gasteiger partial charge in [-0.05, 0) is 41.5 Å². The highest BCUT2D eigenvalue weighted by molar-refractivity contribution is 7.98. The molecule has 0 spiro atoms. The van der Waals surface area contributed by atoms with Crippen LogP contribution in [0.1, 0.15) is 11.1 Å². The number of aromatic nitrogens is 3. The summed E-state index contributed by atoms with van der Waals surface area (Å²) in [5.74, 6) is -3.70. The van der Waals surface area contributed by atoms with Crippen LogP contribution in [-0.4, -0.2) is 36.7 Å². The van der Waals surface area contributed by atoms with E-state index in [1.807, 2.05) is 28.8 Å². The van der Waals surface area contributed by atoms with E-state index in [-0.39, 0.29) is 11.6 Å². The lowest BCUT2D eigenvalue weighted by atomic mass is 10.2. The van der Waals surface area contributed by atoms with Gasteiger partial charge in [0.05, 0.1) is 6.54 Å². The minimum absolute atomic E-state index is 0.231. The number of nitrogens with zero attached hydrogens (tertiary/aromatic N) is 3. The van der Waals surface area contributed by atoms with Crippen molar-refractivity contribution in [3.05, 3.63) is 89.6 Å². The van der Waals surface area contributed by atoms with Gasteiger partial charge in [0.1, 0.15) is 17.2 Å². The van der Waals surface area contributed by atoms with Gasteiger partial charge in [-0.25, -0.2) is 28.3 Å². The van der Waals surface area contributed by atoms with E-state index in [4.69, 9.17) is 19.8 Å². The van der Waals surface area contributed by atoms with E-state index in [1.165, 1.54) is 30.0 Å². The molecule has 0 saturated heterocycles. The lowest BCUT2D eigenvalue weighted by Gasteiger charge is -2.09. The molecular weight excluding hydrogens is 440 g/mol. The molecule has 10 heteroatoms. The van der Waals surface area contributed by atoms with Crippen molar-refractivity contribution in [3.63, 3.8) is 0 Å². The van der Waals surface area contributed by atoms with Gasteiger partial charge in [0.25, 0.3) is 0 Å². The number of carboxylic acids is 2. The number of hydrogen-bond acceptors (Lipinski definition) is 5. The number of halogens is 2. The molecule has 0 bridgehead atoms. The van der Waals surface area contributed by atoms with Crippen molar-refractivity contribution in [2.45, 2.75) is 17.5 Å². The topological polar surface area (TPSA) is 105 Å². The number of thioether (sulfide) groups is 1. The zero-order valence-corrected chi connectivity index (χ0v) is 17.3. The fourth-order valence-corrected chi connectivity index (χ4v) is 3.75. The van der Waals surface area contributed by atoms with Crippen molar-refractivity contribution >= 4 is 34.9 Å². The minimum Gasteiger partial charge on any atom is -0.473 e. The molecule has 2 N–H and O–H groups in total. The maximum absolute atomic E-state index is 13.9. The fraction of sp³-hybridized carbons (Fsp3) is 0.0909. The highest BCUT2D eigenvalue weighted by Crippen LogP contribution is 2.27. The molecule has 32 heavy (non-hydrogen) atoms. The number of carbonyl (C=O) groups is 2. The van der Waals surface area contributed by atoms with E-state index in [1.54, 1.807) is 24.4 Å². The van der Waals surface area contributed by atoms with Crippen LogP contribution in [0.25, 0.3) is 11.2 Å². The van der Waals surface area contributed by atoms with Gasteiger partial charge in [0.2, 0.25) is 0 Å². The lowest BCUT2D eigenvalue weighted by Crippen LogP contribution is -2.09. The monoisotopic (exact) mass is 457 g/mol. The molecule has 0 aliphatic carbocycles. The average Bonchev–Trinajstić information content (AvgIpc) is 3.11. The number of hydrogen-bond donors (Lipinski definition) is 2. The van der Waals surface area contributed by atoms with Gasteiger partial charge in [-0.3, -0.25) is 4.57 Å². The van der Waals surface area contributed by atoms with E-state index in [9.17, 15) is 8.78 Å². The molecule has 0 amide bonds. The maximum Gasteiger partial charge on any atom is 0.414 e. The third kappa shape index (κ3) is 5.88. The molecule has 0 radical (unpaired) electrons. The largest absolute Gasteiger partial charge is 0.473 e. The van der Waals surface area contributed by atoms with Crippen LogP contribution in [0.5, 0.6) is 0 Å². The summed E-state index contributed by atoms with van der Waals surface area (Å²) in [5, 5.41) is 15.5. The highest BCUT2D eigenvalue weighted by atomic mass is 32.2. The number of fused-ring (bicyclic) bond motifs is 1. The van der Waals surface area contributed by atoms with E-state index in [0.29, 0.717) is 17.9 Å². The van der Waals surface area contributed by atoms with Gasteiger partial charge >= 0.3 is 11.9 Å². The molecule has 4 aromatic rings. The van der Waals surface area contributed by atoms with Crippen molar-refractivity contribution in [1.29, 1.82) is 0 Å². The highest BCUT2D eigenvalue weighted by Gasteiger charge is 2.14. The molecule has 7 nitrogen and oxygen atoms in total.